The second-order valence-electron chi connectivity index (χ2n) is 4.72. The van der Waals surface area contributed by atoms with Crippen molar-refractivity contribution < 1.29 is 9.84 Å². The summed E-state index contributed by atoms with van der Waals surface area (Å²) in [6.07, 6.45) is 1.87. The van der Waals surface area contributed by atoms with Gasteiger partial charge in [-0.25, -0.2) is 0 Å². The average Bonchev–Trinajstić information content (AvgIpc) is 2.39. The van der Waals surface area contributed by atoms with Crippen LogP contribution in [0, 0.1) is 0 Å². The normalized spacial score (nSPS) is 24.8. The molecule has 94 valence electrons. The number of hydrogen-bond donors (Lipinski definition) is 2. The Morgan fingerprint density at radius 2 is 2.24 bits per heavy atom. The van der Waals surface area contributed by atoms with Gasteiger partial charge in [0.15, 0.2) is 0 Å². The Labute approximate surface area is 102 Å². The van der Waals surface area contributed by atoms with E-state index < -0.39 is 5.54 Å². The Morgan fingerprint density at radius 3 is 2.94 bits per heavy atom. The maximum absolute atomic E-state index is 9.36. The Hall–Kier alpha value is -1.26. The van der Waals surface area contributed by atoms with Crippen molar-refractivity contribution in [3.63, 3.8) is 0 Å². The second-order valence-corrected chi connectivity index (χ2v) is 4.72. The maximum Gasteiger partial charge on any atom is 0.142 e. The molecule has 1 saturated heterocycles. The van der Waals surface area contributed by atoms with Crippen LogP contribution in [-0.4, -0.2) is 37.5 Å². The maximum atomic E-state index is 9.36. The zero-order valence-corrected chi connectivity index (χ0v) is 10.2. The number of nitrogens with two attached hydrogens (primary N) is 1. The molecule has 1 atom stereocenters. The Morgan fingerprint density at radius 1 is 1.47 bits per heavy atom. The van der Waals surface area contributed by atoms with E-state index in [1.165, 1.54) is 0 Å². The fourth-order valence-corrected chi connectivity index (χ4v) is 2.39. The third kappa shape index (κ3) is 2.53. The van der Waals surface area contributed by atoms with Crippen molar-refractivity contribution >= 4 is 5.69 Å². The summed E-state index contributed by atoms with van der Waals surface area (Å²) in [6, 6.07) is 7.92. The van der Waals surface area contributed by atoms with Crippen LogP contribution in [0.25, 0.3) is 0 Å². The smallest absolute Gasteiger partial charge is 0.142 e. The molecule has 4 nitrogen and oxygen atoms in total. The van der Waals surface area contributed by atoms with E-state index in [9.17, 15) is 5.11 Å². The second kappa shape index (κ2) is 4.94. The van der Waals surface area contributed by atoms with Gasteiger partial charge in [-0.3, -0.25) is 0 Å². The van der Waals surface area contributed by atoms with Gasteiger partial charge in [0, 0.05) is 13.1 Å². The summed E-state index contributed by atoms with van der Waals surface area (Å²) in [5, 5.41) is 9.36. The first-order valence-corrected chi connectivity index (χ1v) is 5.96. The van der Waals surface area contributed by atoms with Crippen molar-refractivity contribution in [1.29, 1.82) is 0 Å². The molecule has 0 amide bonds. The highest BCUT2D eigenvalue weighted by atomic mass is 16.5. The van der Waals surface area contributed by atoms with Crippen LogP contribution in [0.1, 0.15) is 12.8 Å². The molecule has 0 saturated carbocycles. The van der Waals surface area contributed by atoms with Crippen molar-refractivity contribution in [3.8, 4) is 5.75 Å². The van der Waals surface area contributed by atoms with Crippen molar-refractivity contribution in [2.24, 2.45) is 5.73 Å². The van der Waals surface area contributed by atoms with Crippen molar-refractivity contribution in [3.05, 3.63) is 24.3 Å². The first-order chi connectivity index (χ1) is 8.18. The van der Waals surface area contributed by atoms with E-state index in [1.54, 1.807) is 7.11 Å². The molecule has 0 radical (unpaired) electrons. The molecule has 1 heterocycles. The Balaban J connectivity index is 2.22. The summed E-state index contributed by atoms with van der Waals surface area (Å²) in [4.78, 5) is 2.19. The van der Waals surface area contributed by atoms with Gasteiger partial charge in [0.2, 0.25) is 0 Å². The molecule has 1 aromatic carbocycles. The number of aliphatic hydroxyl groups is 1. The van der Waals surface area contributed by atoms with Crippen LogP contribution in [-0.2, 0) is 0 Å². The van der Waals surface area contributed by atoms with Crippen LogP contribution in [0.15, 0.2) is 24.3 Å². The van der Waals surface area contributed by atoms with Crippen LogP contribution in [0.3, 0.4) is 0 Å². The van der Waals surface area contributed by atoms with Gasteiger partial charge >= 0.3 is 0 Å². The van der Waals surface area contributed by atoms with E-state index in [4.69, 9.17) is 10.5 Å². The summed E-state index contributed by atoms with van der Waals surface area (Å²) in [5.74, 6) is 0.856. The molecule has 4 heteroatoms. The van der Waals surface area contributed by atoms with Gasteiger partial charge < -0.3 is 20.5 Å². The zero-order valence-electron chi connectivity index (χ0n) is 10.2. The minimum absolute atomic E-state index is 0.0264. The highest BCUT2D eigenvalue weighted by Crippen LogP contribution is 2.31. The number of piperidine rings is 1. The summed E-state index contributed by atoms with van der Waals surface area (Å²) < 4.78 is 5.36. The summed E-state index contributed by atoms with van der Waals surface area (Å²) in [5.41, 5.74) is 6.71. The van der Waals surface area contributed by atoms with Gasteiger partial charge in [0.1, 0.15) is 5.75 Å². The predicted octanol–water partition coefficient (Wildman–Crippen LogP) is 0.985. The molecule has 0 aromatic heterocycles. The lowest BCUT2D eigenvalue weighted by Crippen LogP contribution is -2.56. The molecule has 1 unspecified atom stereocenters. The molecular weight excluding hydrogens is 216 g/mol. The fourth-order valence-electron chi connectivity index (χ4n) is 2.39. The lowest BCUT2D eigenvalue weighted by molar-refractivity contribution is 0.176. The number of nitrogens with zero attached hydrogens (tertiary/aromatic N) is 1. The average molecular weight is 236 g/mol. The van der Waals surface area contributed by atoms with Crippen LogP contribution >= 0.6 is 0 Å². The van der Waals surface area contributed by atoms with Gasteiger partial charge in [-0.2, -0.15) is 0 Å². The highest BCUT2D eigenvalue weighted by Gasteiger charge is 2.31. The molecule has 0 aliphatic carbocycles. The van der Waals surface area contributed by atoms with E-state index in [-0.39, 0.29) is 6.61 Å². The molecule has 1 aliphatic rings. The van der Waals surface area contributed by atoms with Gasteiger partial charge in [-0.05, 0) is 25.0 Å². The number of methoxy groups -OCH3 is 1. The number of rotatable bonds is 3. The number of hydrogen-bond acceptors (Lipinski definition) is 4. The molecule has 0 bridgehead atoms. The molecule has 3 N–H and O–H groups in total. The third-order valence-corrected chi connectivity index (χ3v) is 3.35. The summed E-state index contributed by atoms with van der Waals surface area (Å²) in [6.45, 7) is 1.65. The molecule has 2 rings (SSSR count). The minimum atomic E-state index is -0.487. The number of benzene rings is 1. The van der Waals surface area contributed by atoms with Gasteiger partial charge in [0.25, 0.3) is 0 Å². The van der Waals surface area contributed by atoms with E-state index in [1.807, 2.05) is 24.3 Å². The monoisotopic (exact) mass is 236 g/mol. The third-order valence-electron chi connectivity index (χ3n) is 3.35. The SMILES string of the molecule is COc1ccccc1N1CCCC(N)(CO)C1. The molecule has 1 aromatic rings. The Bertz CT molecular complexity index is 383. The van der Waals surface area contributed by atoms with Crippen LogP contribution in [0.4, 0.5) is 5.69 Å². The molecule has 0 spiro atoms. The lowest BCUT2D eigenvalue weighted by Gasteiger charge is -2.40. The highest BCUT2D eigenvalue weighted by molar-refractivity contribution is 5.59. The minimum Gasteiger partial charge on any atom is -0.495 e. The largest absolute Gasteiger partial charge is 0.495 e. The van der Waals surface area contributed by atoms with E-state index in [0.29, 0.717) is 6.54 Å². The molecule has 17 heavy (non-hydrogen) atoms. The predicted molar refractivity (Wildman–Crippen MR) is 68.4 cm³/mol. The van der Waals surface area contributed by atoms with E-state index in [2.05, 4.69) is 4.90 Å². The van der Waals surface area contributed by atoms with Crippen LogP contribution in [0.2, 0.25) is 0 Å². The number of anilines is 1. The molecular formula is C13H20N2O2. The van der Waals surface area contributed by atoms with Gasteiger partial charge in [-0.1, -0.05) is 12.1 Å². The van der Waals surface area contributed by atoms with Gasteiger partial charge in [-0.15, -0.1) is 0 Å². The van der Waals surface area contributed by atoms with E-state index >= 15 is 0 Å². The number of aliphatic hydroxyl groups excluding tert-OH is 1. The number of para-hydroxylation sites is 2. The van der Waals surface area contributed by atoms with Crippen molar-refractivity contribution in [1.82, 2.24) is 0 Å². The number of ether oxygens (including phenoxy) is 1. The lowest BCUT2D eigenvalue weighted by atomic mass is 9.90. The Kier molecular flexibility index (Phi) is 3.54. The molecule has 1 aliphatic heterocycles. The zero-order chi connectivity index (χ0) is 12.3. The quantitative estimate of drug-likeness (QED) is 0.821. The topological polar surface area (TPSA) is 58.7 Å². The van der Waals surface area contributed by atoms with Crippen LogP contribution in [0.5, 0.6) is 5.75 Å². The summed E-state index contributed by atoms with van der Waals surface area (Å²) in [7, 11) is 1.67. The van der Waals surface area contributed by atoms with Crippen LogP contribution < -0.4 is 15.4 Å². The standard InChI is InChI=1S/C13H20N2O2/c1-17-12-6-3-2-5-11(12)15-8-4-7-13(14,9-15)10-16/h2-3,5-6,16H,4,7-10,14H2,1H3. The first kappa shape index (κ1) is 12.2. The first-order valence-electron chi connectivity index (χ1n) is 5.96. The van der Waals surface area contributed by atoms with Crippen molar-refractivity contribution in [2.75, 3.05) is 31.7 Å². The molecule has 1 fully saturated rings. The van der Waals surface area contributed by atoms with Crippen molar-refractivity contribution in [2.45, 2.75) is 18.4 Å². The van der Waals surface area contributed by atoms with E-state index in [0.717, 1.165) is 30.8 Å². The van der Waals surface area contributed by atoms with Gasteiger partial charge in [0.05, 0.1) is 24.9 Å². The summed E-state index contributed by atoms with van der Waals surface area (Å²) >= 11 is 0. The fraction of sp³-hybridized carbons (Fsp3) is 0.538.